The van der Waals surface area contributed by atoms with Crippen molar-refractivity contribution in [2.45, 2.75) is 31.4 Å². The van der Waals surface area contributed by atoms with Crippen molar-refractivity contribution in [2.75, 3.05) is 0 Å². The SMILES string of the molecule is Cc1cc(OCc2nnc(SCc3cccc(Br)c3)n2C)cc(C)c1Cl. The number of hydrogen-bond acceptors (Lipinski definition) is 4. The molecule has 3 aromatic rings. The number of thioether (sulfide) groups is 1. The summed E-state index contributed by atoms with van der Waals surface area (Å²) in [5.74, 6) is 2.41. The van der Waals surface area contributed by atoms with Crippen LogP contribution < -0.4 is 4.74 Å². The number of benzene rings is 2. The molecule has 1 heterocycles. The van der Waals surface area contributed by atoms with Crippen molar-refractivity contribution >= 4 is 39.3 Å². The summed E-state index contributed by atoms with van der Waals surface area (Å²) in [7, 11) is 1.96. The monoisotopic (exact) mass is 451 g/mol. The van der Waals surface area contributed by atoms with Gasteiger partial charge in [-0.2, -0.15) is 0 Å². The highest BCUT2D eigenvalue weighted by molar-refractivity contribution is 9.10. The van der Waals surface area contributed by atoms with Gasteiger partial charge in [0, 0.05) is 22.3 Å². The van der Waals surface area contributed by atoms with E-state index in [4.69, 9.17) is 16.3 Å². The van der Waals surface area contributed by atoms with Gasteiger partial charge in [0.25, 0.3) is 0 Å². The van der Waals surface area contributed by atoms with E-state index in [1.54, 1.807) is 11.8 Å². The van der Waals surface area contributed by atoms with Crippen molar-refractivity contribution in [1.29, 1.82) is 0 Å². The first-order chi connectivity index (χ1) is 12.4. The first-order valence-corrected chi connectivity index (χ1v) is 10.2. The Kier molecular flexibility index (Phi) is 6.27. The Labute approximate surface area is 171 Å². The van der Waals surface area contributed by atoms with Crippen molar-refractivity contribution < 1.29 is 4.74 Å². The van der Waals surface area contributed by atoms with E-state index in [1.807, 2.05) is 49.7 Å². The van der Waals surface area contributed by atoms with Gasteiger partial charge in [0.2, 0.25) is 0 Å². The molecule has 0 fully saturated rings. The van der Waals surface area contributed by atoms with Gasteiger partial charge in [-0.25, -0.2) is 0 Å². The van der Waals surface area contributed by atoms with Gasteiger partial charge in [0.1, 0.15) is 12.4 Å². The molecule has 0 radical (unpaired) electrons. The number of halogens is 2. The summed E-state index contributed by atoms with van der Waals surface area (Å²) in [4.78, 5) is 0. The normalized spacial score (nSPS) is 11.0. The summed E-state index contributed by atoms with van der Waals surface area (Å²) >= 11 is 11.4. The topological polar surface area (TPSA) is 39.9 Å². The van der Waals surface area contributed by atoms with Gasteiger partial charge in [0.05, 0.1) is 0 Å². The van der Waals surface area contributed by atoms with E-state index in [1.165, 1.54) is 5.56 Å². The third-order valence-electron chi connectivity index (χ3n) is 3.96. The molecule has 4 nitrogen and oxygen atoms in total. The molecule has 7 heteroatoms. The first kappa shape index (κ1) is 19.3. The van der Waals surface area contributed by atoms with Crippen LogP contribution in [-0.2, 0) is 19.4 Å². The lowest BCUT2D eigenvalue weighted by molar-refractivity contribution is 0.290. The summed E-state index contributed by atoms with van der Waals surface area (Å²) in [6.45, 7) is 4.31. The van der Waals surface area contributed by atoms with Gasteiger partial charge in [-0.1, -0.05) is 51.4 Å². The highest BCUT2D eigenvalue weighted by atomic mass is 79.9. The van der Waals surface area contributed by atoms with Gasteiger partial charge in [0.15, 0.2) is 11.0 Å². The van der Waals surface area contributed by atoms with Crippen LogP contribution >= 0.6 is 39.3 Å². The predicted molar refractivity (Wildman–Crippen MR) is 110 cm³/mol. The van der Waals surface area contributed by atoms with Crippen molar-refractivity contribution in [3.05, 3.63) is 68.4 Å². The molecular formula is C19H19BrClN3OS. The molecule has 0 unspecified atom stereocenters. The molecule has 0 aliphatic rings. The van der Waals surface area contributed by atoms with Crippen LogP contribution in [0.1, 0.15) is 22.5 Å². The zero-order valence-corrected chi connectivity index (χ0v) is 18.0. The molecule has 0 spiro atoms. The molecule has 0 aliphatic carbocycles. The Hall–Kier alpha value is -1.50. The van der Waals surface area contributed by atoms with Crippen LogP contribution in [0, 0.1) is 13.8 Å². The van der Waals surface area contributed by atoms with Crippen LogP contribution in [-0.4, -0.2) is 14.8 Å². The molecule has 3 rings (SSSR count). The van der Waals surface area contributed by atoms with Gasteiger partial charge in [-0.15, -0.1) is 10.2 Å². The van der Waals surface area contributed by atoms with E-state index >= 15 is 0 Å². The third kappa shape index (κ3) is 4.61. The zero-order chi connectivity index (χ0) is 18.7. The fraction of sp³-hybridized carbons (Fsp3) is 0.263. The summed E-state index contributed by atoms with van der Waals surface area (Å²) in [6.07, 6.45) is 0. The van der Waals surface area contributed by atoms with Crippen LogP contribution in [0.2, 0.25) is 5.02 Å². The fourth-order valence-electron chi connectivity index (χ4n) is 2.51. The molecule has 0 amide bonds. The summed E-state index contributed by atoms with van der Waals surface area (Å²) in [5.41, 5.74) is 3.24. The molecule has 1 aromatic heterocycles. The Balaban J connectivity index is 1.63. The highest BCUT2D eigenvalue weighted by Gasteiger charge is 2.11. The molecule has 26 heavy (non-hydrogen) atoms. The van der Waals surface area contributed by atoms with Crippen LogP contribution in [0.4, 0.5) is 0 Å². The Morgan fingerprint density at radius 2 is 1.88 bits per heavy atom. The smallest absolute Gasteiger partial charge is 0.191 e. The van der Waals surface area contributed by atoms with Crippen molar-refractivity contribution in [2.24, 2.45) is 7.05 Å². The summed E-state index contributed by atoms with van der Waals surface area (Å²) < 4.78 is 8.93. The minimum Gasteiger partial charge on any atom is -0.486 e. The Morgan fingerprint density at radius 1 is 1.15 bits per heavy atom. The molecule has 0 saturated carbocycles. The molecule has 136 valence electrons. The lowest BCUT2D eigenvalue weighted by Gasteiger charge is -2.10. The number of ether oxygens (including phenoxy) is 1. The van der Waals surface area contributed by atoms with Gasteiger partial charge < -0.3 is 9.30 Å². The number of aryl methyl sites for hydroxylation is 2. The molecular weight excluding hydrogens is 434 g/mol. The maximum atomic E-state index is 6.20. The number of hydrogen-bond donors (Lipinski definition) is 0. The second-order valence-electron chi connectivity index (χ2n) is 6.04. The summed E-state index contributed by atoms with van der Waals surface area (Å²) in [5, 5.41) is 10.2. The standard InChI is InChI=1S/C19H19BrClN3OS/c1-12-7-16(8-13(2)18(12)21)25-10-17-22-23-19(24(17)3)26-11-14-5-4-6-15(20)9-14/h4-9H,10-11H2,1-3H3. The second kappa shape index (κ2) is 8.46. The number of aromatic nitrogens is 3. The third-order valence-corrected chi connectivity index (χ3v) is 6.14. The lowest BCUT2D eigenvalue weighted by atomic mass is 10.1. The molecule has 0 N–H and O–H groups in total. The van der Waals surface area contributed by atoms with Gasteiger partial charge in [-0.05, 0) is 54.8 Å². The van der Waals surface area contributed by atoms with Crippen LogP contribution in [0.3, 0.4) is 0 Å². The molecule has 2 aromatic carbocycles. The maximum Gasteiger partial charge on any atom is 0.191 e. The van der Waals surface area contributed by atoms with Crippen LogP contribution in [0.5, 0.6) is 5.75 Å². The van der Waals surface area contributed by atoms with E-state index in [0.29, 0.717) is 6.61 Å². The minimum atomic E-state index is 0.363. The Morgan fingerprint density at radius 3 is 2.58 bits per heavy atom. The largest absolute Gasteiger partial charge is 0.486 e. The highest BCUT2D eigenvalue weighted by Crippen LogP contribution is 2.27. The molecule has 0 bridgehead atoms. The van der Waals surface area contributed by atoms with E-state index in [9.17, 15) is 0 Å². The average molecular weight is 453 g/mol. The molecule has 0 saturated heterocycles. The van der Waals surface area contributed by atoms with Gasteiger partial charge in [-0.3, -0.25) is 0 Å². The zero-order valence-electron chi connectivity index (χ0n) is 14.8. The van der Waals surface area contributed by atoms with Crippen molar-refractivity contribution in [1.82, 2.24) is 14.8 Å². The number of rotatable bonds is 6. The second-order valence-corrected chi connectivity index (χ2v) is 8.27. The quantitative estimate of drug-likeness (QED) is 0.448. The number of nitrogens with zero attached hydrogens (tertiary/aromatic N) is 3. The first-order valence-electron chi connectivity index (χ1n) is 8.09. The van der Waals surface area contributed by atoms with Gasteiger partial charge >= 0.3 is 0 Å². The summed E-state index contributed by atoms with van der Waals surface area (Å²) in [6, 6.07) is 12.1. The lowest BCUT2D eigenvalue weighted by Crippen LogP contribution is -2.04. The average Bonchev–Trinajstić information content (AvgIpc) is 2.96. The maximum absolute atomic E-state index is 6.20. The minimum absolute atomic E-state index is 0.363. The van der Waals surface area contributed by atoms with E-state index < -0.39 is 0 Å². The molecule has 0 atom stereocenters. The van der Waals surface area contributed by atoms with E-state index in [-0.39, 0.29) is 0 Å². The van der Waals surface area contributed by atoms with Crippen molar-refractivity contribution in [3.8, 4) is 5.75 Å². The fourth-order valence-corrected chi connectivity index (χ4v) is 3.94. The van der Waals surface area contributed by atoms with E-state index in [2.05, 4.69) is 38.3 Å². The van der Waals surface area contributed by atoms with Crippen molar-refractivity contribution in [3.63, 3.8) is 0 Å². The Bertz CT molecular complexity index is 906. The predicted octanol–water partition coefficient (Wildman–Crippen LogP) is 5.72. The van der Waals surface area contributed by atoms with E-state index in [0.717, 1.165) is 43.1 Å². The van der Waals surface area contributed by atoms with Crippen LogP contribution in [0.15, 0.2) is 46.0 Å². The molecule has 0 aliphatic heterocycles. The van der Waals surface area contributed by atoms with Crippen LogP contribution in [0.25, 0.3) is 0 Å².